The van der Waals surface area contributed by atoms with Gasteiger partial charge in [0.2, 0.25) is 11.4 Å². The lowest BCUT2D eigenvalue weighted by Crippen LogP contribution is -2.28. The molecule has 25 heavy (non-hydrogen) atoms. The van der Waals surface area contributed by atoms with E-state index in [2.05, 4.69) is 48.4 Å². The van der Waals surface area contributed by atoms with E-state index in [1.807, 2.05) is 29.9 Å². The van der Waals surface area contributed by atoms with Crippen LogP contribution in [0.15, 0.2) is 64.7 Å². The minimum Gasteiger partial charge on any atom is -0.366 e. The van der Waals surface area contributed by atoms with E-state index in [0.29, 0.717) is 5.56 Å². The number of carbonyl (C=O) groups excluding carboxylic acids is 1. The summed E-state index contributed by atoms with van der Waals surface area (Å²) in [5, 5.41) is 2.17. The zero-order valence-corrected chi connectivity index (χ0v) is 14.9. The van der Waals surface area contributed by atoms with Crippen molar-refractivity contribution in [3.8, 4) is 0 Å². The molecule has 0 radical (unpaired) electrons. The lowest BCUT2D eigenvalue weighted by Gasteiger charge is -2.13. The second-order valence-corrected chi connectivity index (χ2v) is 7.15. The summed E-state index contributed by atoms with van der Waals surface area (Å²) in [5.74, 6) is -0.410. The average Bonchev–Trinajstić information content (AvgIpc) is 2.93. The Kier molecular flexibility index (Phi) is 3.73. The van der Waals surface area contributed by atoms with Crippen LogP contribution in [-0.2, 0) is 7.05 Å². The number of benzene rings is 2. The highest BCUT2D eigenvalue weighted by Crippen LogP contribution is 2.45. The number of aryl methyl sites for hydroxylation is 1. The molecule has 3 aromatic rings. The fraction of sp³-hybridized carbons (Fsp3) is 0.100. The molecule has 0 spiro atoms. The Morgan fingerprint density at radius 3 is 2.76 bits per heavy atom. The van der Waals surface area contributed by atoms with Crippen LogP contribution in [0.5, 0.6) is 0 Å². The first-order chi connectivity index (χ1) is 12.0. The van der Waals surface area contributed by atoms with Gasteiger partial charge in [0.25, 0.3) is 0 Å². The highest BCUT2D eigenvalue weighted by atomic mass is 32.2. The molecule has 2 N–H and O–H groups in total. The van der Waals surface area contributed by atoms with Crippen LogP contribution >= 0.6 is 11.8 Å². The van der Waals surface area contributed by atoms with Crippen molar-refractivity contribution in [1.82, 2.24) is 0 Å². The lowest BCUT2D eigenvalue weighted by molar-refractivity contribution is -0.644. The summed E-state index contributed by atoms with van der Waals surface area (Å²) in [6.45, 7) is 0. The van der Waals surface area contributed by atoms with Crippen LogP contribution in [0, 0.1) is 0 Å². The Balaban J connectivity index is 1.86. The van der Waals surface area contributed by atoms with Crippen LogP contribution in [0.3, 0.4) is 0 Å². The van der Waals surface area contributed by atoms with Gasteiger partial charge in [-0.05, 0) is 35.9 Å². The maximum Gasteiger partial charge on any atom is 0.248 e. The number of nitrogens with zero attached hydrogens (tertiary/aromatic N) is 2. The van der Waals surface area contributed by atoms with Gasteiger partial charge in [0.15, 0.2) is 6.20 Å². The Hall–Kier alpha value is -2.79. The fourth-order valence-electron chi connectivity index (χ4n) is 3.10. The molecule has 1 amide bonds. The van der Waals surface area contributed by atoms with E-state index in [9.17, 15) is 4.79 Å². The first-order valence-electron chi connectivity index (χ1n) is 7.99. The third-order valence-electron chi connectivity index (χ3n) is 4.50. The van der Waals surface area contributed by atoms with Gasteiger partial charge < -0.3 is 10.6 Å². The minimum atomic E-state index is -0.410. The molecule has 1 aliphatic rings. The third kappa shape index (κ3) is 2.66. The number of carbonyl (C=O) groups is 1. The van der Waals surface area contributed by atoms with Gasteiger partial charge >= 0.3 is 0 Å². The fourth-order valence-corrected chi connectivity index (χ4v) is 4.20. The van der Waals surface area contributed by atoms with E-state index in [0.717, 1.165) is 21.5 Å². The molecule has 0 bridgehead atoms. The molecular formula is C20H18N3OS+. The molecule has 1 aromatic heterocycles. The van der Waals surface area contributed by atoms with Crippen molar-refractivity contribution in [2.24, 2.45) is 12.8 Å². The standard InChI is InChI=1S/C20H17N3OS/c1-22-10-9-13(15-11-14(20(21)24)7-8-16(15)22)12-19-23(2)17-5-3-4-6-18(17)25-19/h3-12H,1-2H3,(H-,21,24)/p+1. The van der Waals surface area contributed by atoms with Crippen LogP contribution < -0.4 is 15.2 Å². The Labute approximate surface area is 150 Å². The van der Waals surface area contributed by atoms with Crippen LogP contribution in [0.2, 0.25) is 0 Å². The summed E-state index contributed by atoms with van der Waals surface area (Å²) in [4.78, 5) is 15.0. The molecule has 2 heterocycles. The number of aromatic nitrogens is 1. The predicted octanol–water partition coefficient (Wildman–Crippen LogP) is 3.30. The monoisotopic (exact) mass is 348 g/mol. The van der Waals surface area contributed by atoms with Gasteiger partial charge in [-0.25, -0.2) is 4.57 Å². The molecule has 0 atom stereocenters. The number of hydrogen-bond donors (Lipinski definition) is 1. The largest absolute Gasteiger partial charge is 0.366 e. The number of nitrogens with two attached hydrogens (primary N) is 1. The summed E-state index contributed by atoms with van der Waals surface area (Å²) in [7, 11) is 4.07. The van der Waals surface area contributed by atoms with Gasteiger partial charge in [-0.1, -0.05) is 23.9 Å². The lowest BCUT2D eigenvalue weighted by atomic mass is 10.1. The molecule has 0 fully saturated rings. The van der Waals surface area contributed by atoms with Crippen LogP contribution in [-0.4, -0.2) is 13.0 Å². The molecule has 1 aliphatic heterocycles. The Morgan fingerprint density at radius 2 is 2.00 bits per heavy atom. The molecule has 0 saturated carbocycles. The second-order valence-electron chi connectivity index (χ2n) is 6.09. The van der Waals surface area contributed by atoms with Gasteiger partial charge in [0.05, 0.1) is 16.1 Å². The quantitative estimate of drug-likeness (QED) is 0.723. The molecule has 0 saturated heterocycles. The summed E-state index contributed by atoms with van der Waals surface area (Å²) < 4.78 is 2.04. The maximum absolute atomic E-state index is 11.6. The molecule has 0 aliphatic carbocycles. The van der Waals surface area contributed by atoms with Crippen molar-refractivity contribution in [1.29, 1.82) is 0 Å². The first-order valence-corrected chi connectivity index (χ1v) is 8.81. The van der Waals surface area contributed by atoms with Crippen LogP contribution in [0.1, 0.15) is 15.9 Å². The second kappa shape index (κ2) is 5.93. The zero-order valence-electron chi connectivity index (χ0n) is 14.1. The van der Waals surface area contributed by atoms with Gasteiger partial charge in [0, 0.05) is 29.6 Å². The highest BCUT2D eigenvalue weighted by molar-refractivity contribution is 8.03. The summed E-state index contributed by atoms with van der Waals surface area (Å²) in [6.07, 6.45) is 4.20. The van der Waals surface area contributed by atoms with E-state index in [-0.39, 0.29) is 0 Å². The normalized spacial score (nSPS) is 15.0. The molecule has 124 valence electrons. The van der Waals surface area contributed by atoms with Crippen molar-refractivity contribution in [2.75, 3.05) is 11.9 Å². The summed E-state index contributed by atoms with van der Waals surface area (Å²) in [6, 6.07) is 16.0. The van der Waals surface area contributed by atoms with Crippen molar-refractivity contribution in [3.05, 3.63) is 70.9 Å². The predicted molar refractivity (Wildman–Crippen MR) is 102 cm³/mol. The van der Waals surface area contributed by atoms with Crippen LogP contribution in [0.4, 0.5) is 5.69 Å². The number of amides is 1. The SMILES string of the molecule is CN1/C(=C/c2cc[n+](C)c3ccc(C(N)=O)cc23)Sc2ccccc21. The van der Waals surface area contributed by atoms with E-state index >= 15 is 0 Å². The molecular weight excluding hydrogens is 330 g/mol. The van der Waals surface area contributed by atoms with Crippen molar-refractivity contribution in [3.63, 3.8) is 0 Å². The number of fused-ring (bicyclic) bond motifs is 2. The van der Waals surface area contributed by atoms with Crippen LogP contribution in [0.25, 0.3) is 17.0 Å². The topological polar surface area (TPSA) is 50.2 Å². The average molecular weight is 348 g/mol. The number of pyridine rings is 1. The number of para-hydroxylation sites is 1. The Bertz CT molecular complexity index is 1040. The number of anilines is 1. The third-order valence-corrected chi connectivity index (χ3v) is 5.67. The first kappa shape index (κ1) is 15.7. The molecule has 0 unspecified atom stereocenters. The van der Waals surface area contributed by atoms with Gasteiger partial charge in [0.1, 0.15) is 7.05 Å². The van der Waals surface area contributed by atoms with Crippen molar-refractivity contribution < 1.29 is 9.36 Å². The van der Waals surface area contributed by atoms with Gasteiger partial charge in [-0.3, -0.25) is 4.79 Å². The van der Waals surface area contributed by atoms with E-state index in [4.69, 9.17) is 5.73 Å². The van der Waals surface area contributed by atoms with Gasteiger partial charge in [-0.2, -0.15) is 0 Å². The van der Waals surface area contributed by atoms with E-state index in [1.54, 1.807) is 17.8 Å². The van der Waals surface area contributed by atoms with Crippen molar-refractivity contribution >= 4 is 40.3 Å². The summed E-state index contributed by atoms with van der Waals surface area (Å²) >= 11 is 1.75. The van der Waals surface area contributed by atoms with E-state index < -0.39 is 5.91 Å². The molecule has 4 rings (SSSR count). The Morgan fingerprint density at radius 1 is 1.20 bits per heavy atom. The minimum absolute atomic E-state index is 0.410. The summed E-state index contributed by atoms with van der Waals surface area (Å²) in [5.41, 5.74) is 9.32. The molecule has 5 heteroatoms. The number of rotatable bonds is 2. The number of hydrogen-bond acceptors (Lipinski definition) is 3. The highest BCUT2D eigenvalue weighted by Gasteiger charge is 2.22. The molecule has 2 aromatic carbocycles. The number of thioether (sulfide) groups is 1. The van der Waals surface area contributed by atoms with E-state index in [1.165, 1.54) is 10.6 Å². The maximum atomic E-state index is 11.6. The van der Waals surface area contributed by atoms with Crippen molar-refractivity contribution in [2.45, 2.75) is 4.90 Å². The smallest absolute Gasteiger partial charge is 0.248 e. The number of primary amides is 1. The zero-order chi connectivity index (χ0) is 17.6. The molecule has 4 nitrogen and oxygen atoms in total. The van der Waals surface area contributed by atoms with Gasteiger partial charge in [-0.15, -0.1) is 0 Å².